The van der Waals surface area contributed by atoms with E-state index in [4.69, 9.17) is 9.47 Å². The molecular weight excluding hydrogens is 472 g/mol. The minimum absolute atomic E-state index is 0.183. The van der Waals surface area contributed by atoms with Gasteiger partial charge in [0.1, 0.15) is 5.57 Å². The number of nitrogens with zero attached hydrogens (tertiary/aromatic N) is 1. The van der Waals surface area contributed by atoms with Crippen LogP contribution in [0.1, 0.15) is 23.6 Å². The number of nitrogens with one attached hydrogen (secondary N) is 1. The third-order valence-electron chi connectivity index (χ3n) is 5.46. The van der Waals surface area contributed by atoms with E-state index in [2.05, 4.69) is 5.32 Å². The number of para-hydroxylation sites is 1. The first kappa shape index (κ1) is 25.1. The summed E-state index contributed by atoms with van der Waals surface area (Å²) in [5.74, 6) is -1.70. The molecule has 4 rings (SSSR count). The lowest BCUT2D eigenvalue weighted by molar-refractivity contribution is -0.129. The number of anilines is 1. The number of carbonyl (C=O) groups excluding carboxylic acids is 4. The van der Waals surface area contributed by atoms with Gasteiger partial charge in [0.05, 0.1) is 12.3 Å². The summed E-state index contributed by atoms with van der Waals surface area (Å²) in [7, 11) is 0. The van der Waals surface area contributed by atoms with Crippen molar-refractivity contribution in [3.8, 4) is 11.5 Å². The van der Waals surface area contributed by atoms with Crippen molar-refractivity contribution in [3.63, 3.8) is 0 Å². The molecule has 8 nitrogen and oxygen atoms in total. The largest absolute Gasteiger partial charge is 0.490 e. The summed E-state index contributed by atoms with van der Waals surface area (Å²) in [6, 6.07) is 20.0. The van der Waals surface area contributed by atoms with Crippen LogP contribution in [0.4, 0.5) is 10.5 Å². The highest BCUT2D eigenvalue weighted by Crippen LogP contribution is 2.31. The van der Waals surface area contributed by atoms with Gasteiger partial charge in [0.25, 0.3) is 11.8 Å². The Balaban J connectivity index is 1.60. The first-order valence-electron chi connectivity index (χ1n) is 11.6. The van der Waals surface area contributed by atoms with Gasteiger partial charge in [0, 0.05) is 6.08 Å². The Labute approximate surface area is 213 Å². The molecular formula is C29H24N2O6. The summed E-state index contributed by atoms with van der Waals surface area (Å²) in [5.41, 5.74) is 2.15. The molecule has 3 aromatic rings. The van der Waals surface area contributed by atoms with Crippen LogP contribution in [-0.2, 0) is 14.4 Å². The summed E-state index contributed by atoms with van der Waals surface area (Å²) in [6.45, 7) is 3.83. The number of barbiturate groups is 1. The molecule has 1 heterocycles. The first-order chi connectivity index (χ1) is 17.9. The van der Waals surface area contributed by atoms with Crippen molar-refractivity contribution in [1.29, 1.82) is 0 Å². The number of hydrogen-bond acceptors (Lipinski definition) is 6. The number of rotatable bonds is 7. The third kappa shape index (κ3) is 5.82. The summed E-state index contributed by atoms with van der Waals surface area (Å²) >= 11 is 0. The number of carbonyl (C=O) groups is 4. The summed E-state index contributed by atoms with van der Waals surface area (Å²) < 4.78 is 11.1. The van der Waals surface area contributed by atoms with Crippen LogP contribution in [0.2, 0.25) is 0 Å². The molecule has 1 aliphatic rings. The fourth-order valence-corrected chi connectivity index (χ4v) is 3.70. The number of aryl methyl sites for hydroxylation is 1. The van der Waals surface area contributed by atoms with Gasteiger partial charge in [-0.1, -0.05) is 54.6 Å². The number of hydrogen-bond donors (Lipinski definition) is 1. The highest BCUT2D eigenvalue weighted by atomic mass is 16.6. The Morgan fingerprint density at radius 2 is 1.65 bits per heavy atom. The molecule has 0 aromatic heterocycles. The molecule has 8 heteroatoms. The molecule has 1 N–H and O–H groups in total. The summed E-state index contributed by atoms with van der Waals surface area (Å²) in [6.07, 6.45) is 4.30. The maximum absolute atomic E-state index is 13.2. The zero-order chi connectivity index (χ0) is 26.4. The minimum Gasteiger partial charge on any atom is -0.490 e. The van der Waals surface area contributed by atoms with Gasteiger partial charge in [-0.05, 0) is 60.9 Å². The molecule has 37 heavy (non-hydrogen) atoms. The second-order valence-corrected chi connectivity index (χ2v) is 8.05. The van der Waals surface area contributed by atoms with Gasteiger partial charge in [-0.2, -0.15) is 0 Å². The number of esters is 1. The van der Waals surface area contributed by atoms with Crippen LogP contribution in [-0.4, -0.2) is 30.4 Å². The van der Waals surface area contributed by atoms with Gasteiger partial charge in [-0.3, -0.25) is 14.9 Å². The Hall–Kier alpha value is -4.98. The molecule has 186 valence electrons. The fraction of sp³-hybridized carbons (Fsp3) is 0.103. The number of amides is 4. The number of ether oxygens (including phenoxy) is 2. The summed E-state index contributed by atoms with van der Waals surface area (Å²) in [5, 5.41) is 2.21. The molecule has 0 aliphatic carbocycles. The van der Waals surface area contributed by atoms with Crippen molar-refractivity contribution in [1.82, 2.24) is 5.32 Å². The van der Waals surface area contributed by atoms with E-state index in [0.29, 0.717) is 23.4 Å². The van der Waals surface area contributed by atoms with Crippen LogP contribution in [0.3, 0.4) is 0 Å². The van der Waals surface area contributed by atoms with E-state index in [1.807, 2.05) is 30.3 Å². The monoisotopic (exact) mass is 496 g/mol. The van der Waals surface area contributed by atoms with E-state index in [9.17, 15) is 19.2 Å². The molecule has 0 unspecified atom stereocenters. The molecule has 0 saturated carbocycles. The molecule has 4 amide bonds. The van der Waals surface area contributed by atoms with Gasteiger partial charge < -0.3 is 9.47 Å². The second kappa shape index (κ2) is 11.2. The zero-order valence-electron chi connectivity index (χ0n) is 20.3. The smallest absolute Gasteiger partial charge is 0.336 e. The highest BCUT2D eigenvalue weighted by Gasteiger charge is 2.37. The molecule has 1 aliphatic heterocycles. The van der Waals surface area contributed by atoms with Crippen molar-refractivity contribution in [2.75, 3.05) is 11.5 Å². The van der Waals surface area contributed by atoms with Crippen LogP contribution >= 0.6 is 0 Å². The average molecular weight is 497 g/mol. The SMILES string of the molecule is CCOc1cc(/C=C2\C(=O)NC(=O)N(c3ccccc3C)C2=O)ccc1OC(=O)/C=C/c1ccccc1. The maximum Gasteiger partial charge on any atom is 0.336 e. The number of benzene rings is 3. The lowest BCUT2D eigenvalue weighted by atomic mass is 10.1. The van der Waals surface area contributed by atoms with E-state index in [1.165, 1.54) is 18.2 Å². The topological polar surface area (TPSA) is 102 Å². The molecule has 0 bridgehead atoms. The van der Waals surface area contributed by atoms with Crippen LogP contribution in [0.5, 0.6) is 11.5 Å². The van der Waals surface area contributed by atoms with Gasteiger partial charge in [0.2, 0.25) is 0 Å². The van der Waals surface area contributed by atoms with Crippen molar-refractivity contribution in [2.45, 2.75) is 13.8 Å². The normalized spacial score (nSPS) is 14.7. The van der Waals surface area contributed by atoms with Crippen LogP contribution in [0, 0.1) is 6.92 Å². The molecule has 3 aromatic carbocycles. The Morgan fingerprint density at radius 3 is 2.38 bits per heavy atom. The van der Waals surface area contributed by atoms with Crippen molar-refractivity contribution >= 4 is 41.7 Å². The van der Waals surface area contributed by atoms with Crippen LogP contribution in [0.25, 0.3) is 12.2 Å². The lowest BCUT2D eigenvalue weighted by Crippen LogP contribution is -2.54. The van der Waals surface area contributed by atoms with Gasteiger partial charge in [-0.25, -0.2) is 14.5 Å². The predicted molar refractivity (Wildman–Crippen MR) is 139 cm³/mol. The van der Waals surface area contributed by atoms with E-state index in [1.54, 1.807) is 56.3 Å². The van der Waals surface area contributed by atoms with Crippen LogP contribution in [0.15, 0.2) is 84.4 Å². The predicted octanol–water partition coefficient (Wildman–Crippen LogP) is 4.68. The molecule has 1 fully saturated rings. The summed E-state index contributed by atoms with van der Waals surface area (Å²) in [4.78, 5) is 51.5. The van der Waals surface area contributed by atoms with E-state index < -0.39 is 23.8 Å². The third-order valence-corrected chi connectivity index (χ3v) is 5.46. The highest BCUT2D eigenvalue weighted by molar-refractivity contribution is 6.39. The van der Waals surface area contributed by atoms with Gasteiger partial charge in [-0.15, -0.1) is 0 Å². The van der Waals surface area contributed by atoms with Crippen LogP contribution < -0.4 is 19.7 Å². The molecule has 1 saturated heterocycles. The quantitative estimate of drug-likeness (QED) is 0.221. The zero-order valence-corrected chi connectivity index (χ0v) is 20.3. The number of imide groups is 2. The molecule has 0 spiro atoms. The van der Waals surface area contributed by atoms with Gasteiger partial charge >= 0.3 is 12.0 Å². The van der Waals surface area contributed by atoms with E-state index in [0.717, 1.165) is 10.5 Å². The fourth-order valence-electron chi connectivity index (χ4n) is 3.70. The Bertz CT molecular complexity index is 1430. The van der Waals surface area contributed by atoms with Crippen molar-refractivity contribution in [2.24, 2.45) is 0 Å². The molecule has 0 atom stereocenters. The van der Waals surface area contributed by atoms with Crippen molar-refractivity contribution < 1.29 is 28.7 Å². The maximum atomic E-state index is 13.2. The second-order valence-electron chi connectivity index (χ2n) is 8.05. The Morgan fingerprint density at radius 1 is 0.919 bits per heavy atom. The Kier molecular flexibility index (Phi) is 7.59. The lowest BCUT2D eigenvalue weighted by Gasteiger charge is -2.27. The van der Waals surface area contributed by atoms with E-state index >= 15 is 0 Å². The van der Waals surface area contributed by atoms with Gasteiger partial charge in [0.15, 0.2) is 11.5 Å². The first-order valence-corrected chi connectivity index (χ1v) is 11.6. The minimum atomic E-state index is -0.817. The number of urea groups is 1. The standard InChI is InChI=1S/C29H24N2O6/c1-3-36-25-18-21(13-15-24(25)37-26(32)16-14-20-10-5-4-6-11-20)17-22-27(33)30-29(35)31(28(22)34)23-12-8-7-9-19(23)2/h4-18H,3H2,1-2H3,(H,30,33,35)/b16-14+,22-17+. The van der Waals surface area contributed by atoms with E-state index in [-0.39, 0.29) is 17.1 Å². The van der Waals surface area contributed by atoms with Crippen molar-refractivity contribution in [3.05, 3.63) is 101 Å². The molecule has 0 radical (unpaired) electrons. The average Bonchev–Trinajstić information content (AvgIpc) is 2.88.